The molecule has 0 aromatic rings. The smallest absolute Gasteiger partial charge is 0.438 e. The third-order valence-electron chi connectivity index (χ3n) is 0.918. The van der Waals surface area contributed by atoms with Crippen LogP contribution in [0.4, 0.5) is 4.79 Å². The highest BCUT2D eigenvalue weighted by Gasteiger charge is 2.05. The quantitative estimate of drug-likeness (QED) is 0.531. The van der Waals surface area contributed by atoms with E-state index in [-0.39, 0.29) is 6.10 Å². The van der Waals surface area contributed by atoms with Gasteiger partial charge in [-0.3, -0.25) is 0 Å². The van der Waals surface area contributed by atoms with Gasteiger partial charge in [0.25, 0.3) is 0 Å². The Morgan fingerprint density at radius 2 is 2.22 bits per heavy atom. The van der Waals surface area contributed by atoms with Crippen molar-refractivity contribution in [2.24, 2.45) is 0 Å². The zero-order chi connectivity index (χ0) is 7.28. The van der Waals surface area contributed by atoms with Crippen LogP contribution < -0.4 is 0 Å². The van der Waals surface area contributed by atoms with E-state index in [9.17, 15) is 4.79 Å². The first-order valence-corrected chi connectivity index (χ1v) is 2.74. The lowest BCUT2D eigenvalue weighted by Crippen LogP contribution is -2.13. The van der Waals surface area contributed by atoms with Crippen molar-refractivity contribution in [2.45, 2.75) is 20.0 Å². The van der Waals surface area contributed by atoms with E-state index in [1.54, 1.807) is 13.3 Å². The van der Waals surface area contributed by atoms with E-state index in [1.165, 1.54) is 7.11 Å². The highest BCUT2D eigenvalue weighted by molar-refractivity contribution is 5.59. The summed E-state index contributed by atoms with van der Waals surface area (Å²) in [5.74, 6) is 0. The minimum Gasteiger partial charge on any atom is -0.438 e. The molecule has 0 bridgehead atoms. The molecule has 3 heteroatoms. The highest BCUT2D eigenvalue weighted by atomic mass is 16.7. The summed E-state index contributed by atoms with van der Waals surface area (Å²) in [6, 6.07) is 0. The number of ether oxygens (including phenoxy) is 2. The van der Waals surface area contributed by atoms with E-state index < -0.39 is 6.16 Å². The van der Waals surface area contributed by atoms with Crippen LogP contribution in [-0.4, -0.2) is 19.4 Å². The van der Waals surface area contributed by atoms with Crippen LogP contribution in [0.25, 0.3) is 0 Å². The molecule has 0 fully saturated rings. The van der Waals surface area contributed by atoms with Crippen LogP contribution in [0.2, 0.25) is 0 Å². The molecule has 0 unspecified atom stereocenters. The molecular weight excluding hydrogens is 120 g/mol. The molecular formula is C6H11O3. The summed E-state index contributed by atoms with van der Waals surface area (Å²) >= 11 is 0. The Hall–Kier alpha value is -0.730. The lowest BCUT2D eigenvalue weighted by Gasteiger charge is -2.07. The molecule has 1 radical (unpaired) electrons. The fourth-order valence-electron chi connectivity index (χ4n) is 0.268. The van der Waals surface area contributed by atoms with Gasteiger partial charge in [0.15, 0.2) is 0 Å². The molecule has 0 aromatic heterocycles. The number of hydrogen-bond acceptors (Lipinski definition) is 3. The lowest BCUT2D eigenvalue weighted by molar-refractivity contribution is 0.0535. The van der Waals surface area contributed by atoms with E-state index in [0.29, 0.717) is 0 Å². The average molecular weight is 131 g/mol. The first-order chi connectivity index (χ1) is 4.20. The summed E-state index contributed by atoms with van der Waals surface area (Å²) in [5, 5.41) is 0. The molecule has 9 heavy (non-hydrogen) atoms. The van der Waals surface area contributed by atoms with Gasteiger partial charge in [-0.2, -0.15) is 0 Å². The minimum atomic E-state index is -0.638. The molecule has 0 N–H and O–H groups in total. The van der Waals surface area contributed by atoms with Gasteiger partial charge in [0.2, 0.25) is 0 Å². The molecule has 53 valence electrons. The van der Waals surface area contributed by atoms with Gasteiger partial charge in [-0.25, -0.2) is 4.79 Å². The predicted molar refractivity (Wildman–Crippen MR) is 32.9 cm³/mol. The second kappa shape index (κ2) is 4.18. The van der Waals surface area contributed by atoms with Crippen LogP contribution in [-0.2, 0) is 9.47 Å². The lowest BCUT2D eigenvalue weighted by atomic mass is 10.3. The van der Waals surface area contributed by atoms with Gasteiger partial charge < -0.3 is 9.47 Å². The number of methoxy groups -OCH3 is 1. The van der Waals surface area contributed by atoms with Crippen molar-refractivity contribution >= 4 is 6.16 Å². The molecule has 0 rings (SSSR count). The Kier molecular flexibility index (Phi) is 3.84. The van der Waals surface area contributed by atoms with Gasteiger partial charge in [-0.05, 0) is 13.3 Å². The zero-order valence-electron chi connectivity index (χ0n) is 5.88. The Bertz CT molecular complexity index is 90.3. The fraction of sp³-hybridized carbons (Fsp3) is 0.667. The Balaban J connectivity index is 3.34. The Morgan fingerprint density at radius 1 is 1.67 bits per heavy atom. The molecule has 3 nitrogen and oxygen atoms in total. The van der Waals surface area contributed by atoms with Gasteiger partial charge in [-0.15, -0.1) is 0 Å². The maximum absolute atomic E-state index is 10.3. The zero-order valence-corrected chi connectivity index (χ0v) is 5.88. The largest absolute Gasteiger partial charge is 0.508 e. The van der Waals surface area contributed by atoms with Gasteiger partial charge in [0, 0.05) is 0 Å². The minimum absolute atomic E-state index is 0.169. The number of rotatable bonds is 2. The fourth-order valence-corrected chi connectivity index (χ4v) is 0.268. The first kappa shape index (κ1) is 8.27. The molecule has 0 saturated heterocycles. The molecule has 0 amide bonds. The number of carbonyl (C=O) groups excluding carboxylic acids is 1. The third kappa shape index (κ3) is 3.82. The highest BCUT2D eigenvalue weighted by Crippen LogP contribution is 1.95. The summed E-state index contributed by atoms with van der Waals surface area (Å²) in [4.78, 5) is 10.3. The third-order valence-corrected chi connectivity index (χ3v) is 0.918. The van der Waals surface area contributed by atoms with Crippen LogP contribution in [0.15, 0.2) is 0 Å². The molecule has 0 saturated carbocycles. The van der Waals surface area contributed by atoms with Crippen LogP contribution in [0, 0.1) is 6.42 Å². The molecule has 0 spiro atoms. The second-order valence-corrected chi connectivity index (χ2v) is 1.61. The second-order valence-electron chi connectivity index (χ2n) is 1.61. The van der Waals surface area contributed by atoms with E-state index in [1.807, 2.05) is 6.92 Å². The number of carbonyl (C=O) groups is 1. The van der Waals surface area contributed by atoms with Crippen molar-refractivity contribution < 1.29 is 14.3 Å². The summed E-state index contributed by atoms with van der Waals surface area (Å²) < 4.78 is 8.87. The topological polar surface area (TPSA) is 35.5 Å². The van der Waals surface area contributed by atoms with Gasteiger partial charge in [0.1, 0.15) is 6.10 Å². The molecule has 1 atom stereocenters. The van der Waals surface area contributed by atoms with Crippen LogP contribution >= 0.6 is 0 Å². The van der Waals surface area contributed by atoms with Crippen molar-refractivity contribution in [3.05, 3.63) is 6.42 Å². The SMILES string of the molecule is C[CH][C@@H](C)OC(=O)OC. The van der Waals surface area contributed by atoms with Crippen molar-refractivity contribution in [1.82, 2.24) is 0 Å². The van der Waals surface area contributed by atoms with Crippen molar-refractivity contribution in [2.75, 3.05) is 7.11 Å². The van der Waals surface area contributed by atoms with Crippen LogP contribution in [0.1, 0.15) is 13.8 Å². The maximum atomic E-state index is 10.3. The van der Waals surface area contributed by atoms with Crippen molar-refractivity contribution in [1.29, 1.82) is 0 Å². The maximum Gasteiger partial charge on any atom is 0.508 e. The first-order valence-electron chi connectivity index (χ1n) is 2.74. The van der Waals surface area contributed by atoms with Gasteiger partial charge in [-0.1, -0.05) is 6.92 Å². The number of hydrogen-bond donors (Lipinski definition) is 0. The molecule has 0 aliphatic carbocycles. The van der Waals surface area contributed by atoms with Crippen molar-refractivity contribution in [3.63, 3.8) is 0 Å². The normalized spacial score (nSPS) is 12.3. The molecule has 0 aliphatic heterocycles. The molecule has 0 heterocycles. The standard InChI is InChI=1S/C6H11O3/c1-4-5(2)9-6(7)8-3/h4-5H,1-3H3/t5-/m1/s1. The van der Waals surface area contributed by atoms with Gasteiger partial charge in [0.05, 0.1) is 7.11 Å². The summed E-state index contributed by atoms with van der Waals surface area (Å²) in [6.45, 7) is 3.57. The van der Waals surface area contributed by atoms with E-state index >= 15 is 0 Å². The van der Waals surface area contributed by atoms with Crippen molar-refractivity contribution in [3.8, 4) is 0 Å². The molecule has 0 aromatic carbocycles. The molecule has 0 aliphatic rings. The van der Waals surface area contributed by atoms with E-state index in [0.717, 1.165) is 0 Å². The summed E-state index contributed by atoms with van der Waals surface area (Å²) in [5.41, 5.74) is 0. The Labute approximate surface area is 55.0 Å². The summed E-state index contributed by atoms with van der Waals surface area (Å²) in [6.07, 6.45) is 0.953. The van der Waals surface area contributed by atoms with E-state index in [4.69, 9.17) is 0 Å². The van der Waals surface area contributed by atoms with Crippen LogP contribution in [0.5, 0.6) is 0 Å². The Morgan fingerprint density at radius 3 is 2.56 bits per heavy atom. The van der Waals surface area contributed by atoms with E-state index in [2.05, 4.69) is 9.47 Å². The summed E-state index contributed by atoms with van der Waals surface area (Å²) in [7, 11) is 1.28. The average Bonchev–Trinajstić information content (AvgIpc) is 1.87. The monoisotopic (exact) mass is 131 g/mol. The van der Waals surface area contributed by atoms with Gasteiger partial charge >= 0.3 is 6.16 Å². The predicted octanol–water partition coefficient (Wildman–Crippen LogP) is 1.38. The van der Waals surface area contributed by atoms with Crippen LogP contribution in [0.3, 0.4) is 0 Å².